The monoisotopic (exact) mass is 240 g/mol. The molecule has 17 heavy (non-hydrogen) atoms. The van der Waals surface area contributed by atoms with Crippen molar-refractivity contribution < 1.29 is 9.90 Å². The number of aliphatic hydroxyl groups is 1. The molecule has 0 aliphatic carbocycles. The predicted octanol–water partition coefficient (Wildman–Crippen LogP) is 1.69. The Morgan fingerprint density at radius 2 is 1.59 bits per heavy atom. The van der Waals surface area contributed by atoms with E-state index < -0.39 is 5.60 Å². The van der Waals surface area contributed by atoms with Gasteiger partial charge in [-0.1, -0.05) is 6.92 Å². The summed E-state index contributed by atoms with van der Waals surface area (Å²) in [4.78, 5) is 16.1. The average molecular weight is 240 g/mol. The van der Waals surface area contributed by atoms with Crippen LogP contribution in [0.5, 0.6) is 0 Å². The van der Waals surface area contributed by atoms with Gasteiger partial charge in [-0.25, -0.2) is 4.79 Å². The van der Waals surface area contributed by atoms with Crippen LogP contribution in [-0.2, 0) is 0 Å². The second-order valence-electron chi connectivity index (χ2n) is 5.94. The van der Waals surface area contributed by atoms with Gasteiger partial charge in [-0.2, -0.15) is 0 Å². The maximum Gasteiger partial charge on any atom is 0.320 e. The van der Waals surface area contributed by atoms with Gasteiger partial charge >= 0.3 is 6.03 Å². The molecule has 0 aromatic rings. The third kappa shape index (κ3) is 3.12. The lowest BCUT2D eigenvalue weighted by Gasteiger charge is -2.40. The highest BCUT2D eigenvalue weighted by Gasteiger charge is 2.32. The number of hydrogen-bond donors (Lipinski definition) is 1. The summed E-state index contributed by atoms with van der Waals surface area (Å²) in [5.41, 5.74) is -0.576. The zero-order chi connectivity index (χ0) is 12.5. The van der Waals surface area contributed by atoms with Crippen LogP contribution in [0.4, 0.5) is 4.79 Å². The van der Waals surface area contributed by atoms with Crippen molar-refractivity contribution in [1.82, 2.24) is 9.80 Å². The third-order valence-corrected chi connectivity index (χ3v) is 4.17. The van der Waals surface area contributed by atoms with Gasteiger partial charge in [-0.3, -0.25) is 0 Å². The molecular weight excluding hydrogens is 216 g/mol. The number of urea groups is 1. The van der Waals surface area contributed by atoms with E-state index >= 15 is 0 Å². The maximum atomic E-state index is 12.2. The van der Waals surface area contributed by atoms with Crippen LogP contribution in [0.1, 0.15) is 39.5 Å². The fourth-order valence-electron chi connectivity index (χ4n) is 2.58. The summed E-state index contributed by atoms with van der Waals surface area (Å²) in [7, 11) is 0. The Bertz CT molecular complexity index is 273. The molecule has 0 spiro atoms. The minimum atomic E-state index is -0.576. The number of piperidine rings is 2. The molecule has 2 fully saturated rings. The molecule has 4 heteroatoms. The van der Waals surface area contributed by atoms with Crippen LogP contribution in [0.25, 0.3) is 0 Å². The third-order valence-electron chi connectivity index (χ3n) is 4.17. The van der Waals surface area contributed by atoms with Gasteiger partial charge in [0.25, 0.3) is 0 Å². The van der Waals surface area contributed by atoms with E-state index in [0.717, 1.165) is 31.8 Å². The highest BCUT2D eigenvalue weighted by atomic mass is 16.3. The zero-order valence-electron chi connectivity index (χ0n) is 11.0. The van der Waals surface area contributed by atoms with Crippen molar-refractivity contribution in [2.24, 2.45) is 5.92 Å². The quantitative estimate of drug-likeness (QED) is 0.700. The first-order valence-corrected chi connectivity index (χ1v) is 6.74. The van der Waals surface area contributed by atoms with Gasteiger partial charge in [0.05, 0.1) is 5.60 Å². The summed E-state index contributed by atoms with van der Waals surface area (Å²) in [5.74, 6) is 0.751. The molecule has 98 valence electrons. The highest BCUT2D eigenvalue weighted by molar-refractivity contribution is 5.74. The van der Waals surface area contributed by atoms with Gasteiger partial charge in [0, 0.05) is 26.2 Å². The minimum absolute atomic E-state index is 0.174. The Kier molecular flexibility index (Phi) is 3.61. The number of nitrogens with zero attached hydrogens (tertiary/aromatic N) is 2. The predicted molar refractivity (Wildman–Crippen MR) is 66.8 cm³/mol. The molecule has 0 aromatic heterocycles. The van der Waals surface area contributed by atoms with Crippen LogP contribution in [0.3, 0.4) is 0 Å². The Morgan fingerprint density at radius 1 is 1.12 bits per heavy atom. The molecule has 2 rings (SSSR count). The molecule has 2 aliphatic rings. The number of hydrogen-bond acceptors (Lipinski definition) is 2. The lowest BCUT2D eigenvalue weighted by atomic mass is 9.94. The molecule has 1 N–H and O–H groups in total. The summed E-state index contributed by atoms with van der Waals surface area (Å²) in [6, 6.07) is 0.174. The van der Waals surface area contributed by atoms with Crippen molar-refractivity contribution in [3.8, 4) is 0 Å². The van der Waals surface area contributed by atoms with Gasteiger partial charge in [0.2, 0.25) is 0 Å². The van der Waals surface area contributed by atoms with Gasteiger partial charge in [0.1, 0.15) is 0 Å². The van der Waals surface area contributed by atoms with E-state index in [4.69, 9.17) is 0 Å². The molecule has 0 unspecified atom stereocenters. The highest BCUT2D eigenvalue weighted by Crippen LogP contribution is 2.23. The lowest BCUT2D eigenvalue weighted by Crippen LogP contribution is -2.51. The molecule has 0 aromatic carbocycles. The van der Waals surface area contributed by atoms with Crippen molar-refractivity contribution >= 4 is 6.03 Å². The largest absolute Gasteiger partial charge is 0.390 e. The normalized spacial score (nSPS) is 26.1. The molecule has 0 saturated carbocycles. The lowest BCUT2D eigenvalue weighted by molar-refractivity contribution is -0.000303. The Labute approximate surface area is 104 Å². The number of amides is 2. The van der Waals surface area contributed by atoms with Crippen molar-refractivity contribution in [3.05, 3.63) is 0 Å². The van der Waals surface area contributed by atoms with Crippen molar-refractivity contribution in [2.75, 3.05) is 26.2 Å². The second kappa shape index (κ2) is 4.84. The number of carbonyl (C=O) groups is 1. The van der Waals surface area contributed by atoms with E-state index in [1.54, 1.807) is 0 Å². The van der Waals surface area contributed by atoms with Gasteiger partial charge in [-0.05, 0) is 38.5 Å². The Balaban J connectivity index is 1.84. The van der Waals surface area contributed by atoms with Crippen LogP contribution in [0.15, 0.2) is 0 Å². The molecule has 4 nitrogen and oxygen atoms in total. The Hall–Kier alpha value is -0.770. The average Bonchev–Trinajstić information content (AvgIpc) is 2.29. The summed E-state index contributed by atoms with van der Waals surface area (Å²) >= 11 is 0. The maximum absolute atomic E-state index is 12.2. The standard InChI is InChI=1S/C13H24N2O2/c1-11-3-7-14(8-4-11)12(16)15-9-5-13(2,17)6-10-15/h11,17H,3-10H2,1-2H3. The van der Waals surface area contributed by atoms with E-state index in [1.165, 1.54) is 0 Å². The molecule has 2 aliphatic heterocycles. The van der Waals surface area contributed by atoms with Crippen LogP contribution >= 0.6 is 0 Å². The van der Waals surface area contributed by atoms with Gasteiger partial charge < -0.3 is 14.9 Å². The molecular formula is C13H24N2O2. The van der Waals surface area contributed by atoms with Crippen molar-refractivity contribution in [1.29, 1.82) is 0 Å². The molecule has 0 bridgehead atoms. The van der Waals surface area contributed by atoms with Gasteiger partial charge in [0.15, 0.2) is 0 Å². The second-order valence-corrected chi connectivity index (χ2v) is 5.94. The fraction of sp³-hybridized carbons (Fsp3) is 0.923. The first kappa shape index (κ1) is 12.7. The summed E-state index contributed by atoms with van der Waals surface area (Å²) in [5, 5.41) is 9.87. The van der Waals surface area contributed by atoms with Crippen molar-refractivity contribution in [2.45, 2.75) is 45.1 Å². The van der Waals surface area contributed by atoms with E-state index in [-0.39, 0.29) is 6.03 Å². The number of carbonyl (C=O) groups excluding carboxylic acids is 1. The minimum Gasteiger partial charge on any atom is -0.390 e. The van der Waals surface area contributed by atoms with E-state index in [0.29, 0.717) is 25.9 Å². The molecule has 2 amide bonds. The molecule has 0 radical (unpaired) electrons. The summed E-state index contributed by atoms with van der Waals surface area (Å²) < 4.78 is 0. The van der Waals surface area contributed by atoms with Crippen LogP contribution in [-0.4, -0.2) is 52.7 Å². The Morgan fingerprint density at radius 3 is 2.12 bits per heavy atom. The molecule has 2 saturated heterocycles. The fourth-order valence-corrected chi connectivity index (χ4v) is 2.58. The molecule has 0 atom stereocenters. The van der Waals surface area contributed by atoms with E-state index in [2.05, 4.69) is 6.92 Å². The number of rotatable bonds is 0. The first-order chi connectivity index (χ1) is 7.98. The van der Waals surface area contributed by atoms with Crippen LogP contribution < -0.4 is 0 Å². The smallest absolute Gasteiger partial charge is 0.320 e. The van der Waals surface area contributed by atoms with E-state index in [9.17, 15) is 9.90 Å². The summed E-state index contributed by atoms with van der Waals surface area (Å²) in [6.45, 7) is 7.28. The zero-order valence-corrected chi connectivity index (χ0v) is 11.0. The number of likely N-dealkylation sites (tertiary alicyclic amines) is 2. The first-order valence-electron chi connectivity index (χ1n) is 6.74. The topological polar surface area (TPSA) is 43.8 Å². The SMILES string of the molecule is CC1CCN(C(=O)N2CCC(C)(O)CC2)CC1. The van der Waals surface area contributed by atoms with Gasteiger partial charge in [-0.15, -0.1) is 0 Å². The van der Waals surface area contributed by atoms with Crippen LogP contribution in [0.2, 0.25) is 0 Å². The van der Waals surface area contributed by atoms with E-state index in [1.807, 2.05) is 16.7 Å². The van der Waals surface area contributed by atoms with Crippen molar-refractivity contribution in [3.63, 3.8) is 0 Å². The van der Waals surface area contributed by atoms with Crippen LogP contribution in [0, 0.1) is 5.92 Å². The molecule has 2 heterocycles. The summed E-state index contributed by atoms with van der Waals surface area (Å²) in [6.07, 6.45) is 3.64.